The second-order valence-electron chi connectivity index (χ2n) is 10.3. The lowest BCUT2D eigenvalue weighted by atomic mass is 9.90. The van der Waals surface area contributed by atoms with Crippen molar-refractivity contribution in [1.29, 1.82) is 0 Å². The van der Waals surface area contributed by atoms with Crippen LogP contribution in [-0.2, 0) is 36.2 Å². The molecule has 1 saturated carbocycles. The van der Waals surface area contributed by atoms with E-state index in [-0.39, 0.29) is 18.2 Å². The molecule has 3 heterocycles. The van der Waals surface area contributed by atoms with Crippen LogP contribution in [0.4, 0.5) is 10.2 Å². The molecule has 1 amide bonds. The zero-order valence-electron chi connectivity index (χ0n) is 21.3. The number of fused-ring (bicyclic) bond motifs is 1. The lowest BCUT2D eigenvalue weighted by Gasteiger charge is -2.28. The number of hydrogen-bond acceptors (Lipinski definition) is 6. The quantitative estimate of drug-likeness (QED) is 0.354. The number of unbranched alkanes of at least 4 members (excludes halogenated alkanes) is 1. The largest absolute Gasteiger partial charge is 0.490 e. The summed E-state index contributed by atoms with van der Waals surface area (Å²) in [5, 5.41) is 22.7. The first-order chi connectivity index (χ1) is 17.9. The molecule has 0 bridgehead atoms. The predicted molar refractivity (Wildman–Crippen MR) is 137 cm³/mol. The molecule has 0 radical (unpaired) electrons. The maximum absolute atomic E-state index is 14.3. The first kappa shape index (κ1) is 25.3. The zero-order valence-corrected chi connectivity index (χ0v) is 21.3. The van der Waals surface area contributed by atoms with Crippen LogP contribution in [0.5, 0.6) is 5.75 Å². The smallest absolute Gasteiger partial charge is 0.225 e. The summed E-state index contributed by atoms with van der Waals surface area (Å²) in [6, 6.07) is 6.75. The van der Waals surface area contributed by atoms with Crippen molar-refractivity contribution in [1.82, 2.24) is 20.0 Å². The highest BCUT2D eigenvalue weighted by Crippen LogP contribution is 2.34. The second kappa shape index (κ2) is 11.0. The van der Waals surface area contributed by atoms with Gasteiger partial charge in [-0.3, -0.25) is 4.79 Å². The van der Waals surface area contributed by atoms with Gasteiger partial charge in [0.05, 0.1) is 25.0 Å². The van der Waals surface area contributed by atoms with Crippen molar-refractivity contribution in [2.45, 2.75) is 76.9 Å². The number of aromatic nitrogens is 4. The van der Waals surface area contributed by atoms with E-state index in [4.69, 9.17) is 4.74 Å². The van der Waals surface area contributed by atoms with Crippen molar-refractivity contribution in [3.05, 3.63) is 64.9 Å². The van der Waals surface area contributed by atoms with Crippen LogP contribution in [0.3, 0.4) is 0 Å². The molecular weight excluding hydrogens is 473 g/mol. The number of anilines is 1. The van der Waals surface area contributed by atoms with Crippen LogP contribution in [0.1, 0.15) is 67.8 Å². The molecule has 5 rings (SSSR count). The van der Waals surface area contributed by atoms with E-state index in [0.29, 0.717) is 36.7 Å². The molecule has 0 unspecified atom stereocenters. The van der Waals surface area contributed by atoms with Gasteiger partial charge in [0.1, 0.15) is 11.4 Å². The average Bonchev–Trinajstić information content (AvgIpc) is 3.64. The van der Waals surface area contributed by atoms with Crippen molar-refractivity contribution in [2.24, 2.45) is 5.92 Å². The van der Waals surface area contributed by atoms with Gasteiger partial charge in [0.25, 0.3) is 0 Å². The summed E-state index contributed by atoms with van der Waals surface area (Å²) in [5.41, 5.74) is 2.60. The highest BCUT2D eigenvalue weighted by atomic mass is 19.1. The Bertz CT molecular complexity index is 1260. The molecule has 3 aromatic rings. The number of hydrogen-bond donors (Lipinski definition) is 2. The number of amides is 1. The minimum atomic E-state index is -1.22. The maximum atomic E-state index is 14.3. The van der Waals surface area contributed by atoms with Gasteiger partial charge < -0.3 is 15.2 Å². The lowest BCUT2D eigenvalue weighted by molar-refractivity contribution is -0.116. The first-order valence-corrected chi connectivity index (χ1v) is 13.2. The van der Waals surface area contributed by atoms with E-state index in [1.165, 1.54) is 6.07 Å². The molecule has 8 nitrogen and oxygen atoms in total. The Labute approximate surface area is 216 Å². The molecule has 1 aliphatic carbocycles. The molecule has 9 heteroatoms. The Kier molecular flexibility index (Phi) is 7.50. The summed E-state index contributed by atoms with van der Waals surface area (Å²) >= 11 is 0. The Morgan fingerprint density at radius 1 is 1.19 bits per heavy atom. The van der Waals surface area contributed by atoms with E-state index in [2.05, 4.69) is 26.7 Å². The molecule has 196 valence electrons. The highest BCUT2D eigenvalue weighted by Gasteiger charge is 2.31. The van der Waals surface area contributed by atoms with Crippen molar-refractivity contribution < 1.29 is 19.0 Å². The number of nitrogens with zero attached hydrogens (tertiary/aromatic N) is 4. The number of rotatable bonds is 12. The molecule has 2 aliphatic rings. The van der Waals surface area contributed by atoms with E-state index in [0.717, 1.165) is 61.8 Å². The number of carbonyl (C=O) groups excluding carboxylic acids is 1. The lowest BCUT2D eigenvalue weighted by Crippen LogP contribution is -2.32. The van der Waals surface area contributed by atoms with Crippen LogP contribution in [-0.4, -0.2) is 37.6 Å². The average molecular weight is 508 g/mol. The van der Waals surface area contributed by atoms with Crippen molar-refractivity contribution >= 4 is 11.7 Å². The van der Waals surface area contributed by atoms with Gasteiger partial charge in [0.15, 0.2) is 11.6 Å². The molecule has 1 aliphatic heterocycles. The number of halogens is 1. The van der Waals surface area contributed by atoms with Gasteiger partial charge in [-0.05, 0) is 86.1 Å². The van der Waals surface area contributed by atoms with Crippen LogP contribution >= 0.6 is 0 Å². The Morgan fingerprint density at radius 2 is 2.03 bits per heavy atom. The first-order valence-electron chi connectivity index (χ1n) is 13.2. The third kappa shape index (κ3) is 6.15. The van der Waals surface area contributed by atoms with Gasteiger partial charge in [0.2, 0.25) is 5.91 Å². The standard InChI is InChI=1S/C28H34FN5O3/c1-2-28(36,22-10-11-24(29)25(14-22)37-17-19-7-8-19)18-34-23(16-31-33-34)6-4-3-5-20-13-21-9-12-26(35)32-27(21)30-15-20/h10-11,13-16,19,36H,2-9,12,17-18H2,1H3,(H,30,32,35)/t28-/m1/s1. The maximum Gasteiger partial charge on any atom is 0.225 e. The molecule has 37 heavy (non-hydrogen) atoms. The SMILES string of the molecule is CC[C@@](O)(Cn1nncc1CCCCc1cnc2c(c1)CCC(=O)N2)c1ccc(F)c(OCC2CC2)c1. The van der Waals surface area contributed by atoms with Crippen LogP contribution in [0.2, 0.25) is 0 Å². The van der Waals surface area contributed by atoms with Gasteiger partial charge in [-0.2, -0.15) is 0 Å². The number of benzene rings is 1. The molecule has 2 aromatic heterocycles. The second-order valence-corrected chi connectivity index (χ2v) is 10.3. The van der Waals surface area contributed by atoms with Gasteiger partial charge >= 0.3 is 0 Å². The molecule has 1 atom stereocenters. The van der Waals surface area contributed by atoms with Crippen molar-refractivity contribution in [3.8, 4) is 5.75 Å². The zero-order chi connectivity index (χ0) is 25.8. The van der Waals surface area contributed by atoms with Crippen LogP contribution in [0.15, 0.2) is 36.7 Å². The summed E-state index contributed by atoms with van der Waals surface area (Å²) < 4.78 is 21.8. The van der Waals surface area contributed by atoms with E-state index < -0.39 is 11.4 Å². The van der Waals surface area contributed by atoms with Gasteiger partial charge in [0, 0.05) is 12.6 Å². The Balaban J connectivity index is 1.18. The summed E-state index contributed by atoms with van der Waals surface area (Å²) in [6.45, 7) is 2.64. The number of carbonyl (C=O) groups is 1. The number of ether oxygens (including phenoxy) is 1. The third-order valence-electron chi connectivity index (χ3n) is 7.38. The molecule has 0 saturated heterocycles. The van der Waals surface area contributed by atoms with Crippen LogP contribution < -0.4 is 10.1 Å². The molecule has 2 N–H and O–H groups in total. The predicted octanol–water partition coefficient (Wildman–Crippen LogP) is 4.35. The van der Waals surface area contributed by atoms with Gasteiger partial charge in [-0.25, -0.2) is 14.1 Å². The van der Waals surface area contributed by atoms with E-state index >= 15 is 0 Å². The summed E-state index contributed by atoms with van der Waals surface area (Å²) in [6.07, 6.45) is 11.1. The Morgan fingerprint density at radius 3 is 2.84 bits per heavy atom. The number of pyridine rings is 1. The fourth-order valence-corrected chi connectivity index (χ4v) is 4.73. The van der Waals surface area contributed by atoms with Gasteiger partial charge in [-0.1, -0.05) is 24.3 Å². The summed E-state index contributed by atoms with van der Waals surface area (Å²) in [5.74, 6) is 0.991. The van der Waals surface area contributed by atoms with Crippen LogP contribution in [0.25, 0.3) is 0 Å². The van der Waals surface area contributed by atoms with Crippen molar-refractivity contribution in [3.63, 3.8) is 0 Å². The topological polar surface area (TPSA) is 102 Å². The normalized spacial score (nSPS) is 16.7. The number of aliphatic hydroxyl groups is 1. The molecular formula is C28H34FN5O3. The molecule has 1 aromatic carbocycles. The number of nitrogens with one attached hydrogen (secondary N) is 1. The minimum absolute atomic E-state index is 0.0229. The van der Waals surface area contributed by atoms with Gasteiger partial charge in [-0.15, -0.1) is 5.10 Å². The van der Waals surface area contributed by atoms with E-state index in [1.54, 1.807) is 23.0 Å². The highest BCUT2D eigenvalue weighted by molar-refractivity contribution is 5.92. The molecule has 1 fully saturated rings. The van der Waals surface area contributed by atoms with E-state index in [9.17, 15) is 14.3 Å². The van der Waals surface area contributed by atoms with Crippen LogP contribution in [0, 0.1) is 11.7 Å². The molecule has 0 spiro atoms. The third-order valence-corrected chi connectivity index (χ3v) is 7.38. The number of aryl methyl sites for hydroxylation is 3. The monoisotopic (exact) mass is 507 g/mol. The minimum Gasteiger partial charge on any atom is -0.490 e. The summed E-state index contributed by atoms with van der Waals surface area (Å²) in [7, 11) is 0. The van der Waals surface area contributed by atoms with E-state index in [1.807, 2.05) is 13.1 Å². The fourth-order valence-electron chi connectivity index (χ4n) is 4.73. The fraction of sp³-hybridized carbons (Fsp3) is 0.500. The Hall–Kier alpha value is -3.33. The summed E-state index contributed by atoms with van der Waals surface area (Å²) in [4.78, 5) is 15.9. The van der Waals surface area contributed by atoms with Crippen molar-refractivity contribution in [2.75, 3.05) is 11.9 Å².